The molecule has 1 aromatic heterocycles. The molecule has 0 bridgehead atoms. The van der Waals surface area contributed by atoms with Crippen molar-refractivity contribution in [3.05, 3.63) is 23.4 Å². The van der Waals surface area contributed by atoms with Gasteiger partial charge in [-0.3, -0.25) is 0 Å². The van der Waals surface area contributed by atoms with Crippen molar-refractivity contribution in [3.63, 3.8) is 0 Å². The zero-order valence-corrected chi connectivity index (χ0v) is 13.1. The molecule has 1 heterocycles. The summed E-state index contributed by atoms with van der Waals surface area (Å²) in [6.45, 7) is 8.00. The number of anilines is 1. The second kappa shape index (κ2) is 7.64. The highest BCUT2D eigenvalue weighted by Gasteiger charge is 2.32. The summed E-state index contributed by atoms with van der Waals surface area (Å²) in [7, 11) is 0. The number of halogens is 3. The molecule has 0 saturated carbocycles. The van der Waals surface area contributed by atoms with E-state index in [0.29, 0.717) is 12.4 Å². The lowest BCUT2D eigenvalue weighted by atomic mass is 10.2. The molecule has 0 radical (unpaired) electrons. The van der Waals surface area contributed by atoms with Crippen LogP contribution in [-0.4, -0.2) is 30.3 Å². The Bertz CT molecular complexity index is 444. The molecule has 1 aromatic rings. The SMILES string of the molecule is CCCNCc1ccc(N(CC(F)(F)F)C(C)C)nc1C. The minimum atomic E-state index is -4.23. The summed E-state index contributed by atoms with van der Waals surface area (Å²) in [5.74, 6) is 0.374. The molecule has 1 N–H and O–H groups in total. The van der Waals surface area contributed by atoms with Crippen molar-refractivity contribution in [2.45, 2.75) is 52.9 Å². The van der Waals surface area contributed by atoms with Gasteiger partial charge in [-0.25, -0.2) is 4.98 Å². The van der Waals surface area contributed by atoms with Crippen molar-refractivity contribution in [3.8, 4) is 0 Å². The highest BCUT2D eigenvalue weighted by molar-refractivity contribution is 5.42. The Balaban J connectivity index is 2.88. The van der Waals surface area contributed by atoms with Gasteiger partial charge < -0.3 is 10.2 Å². The first-order valence-corrected chi connectivity index (χ1v) is 7.25. The van der Waals surface area contributed by atoms with Gasteiger partial charge in [0.05, 0.1) is 0 Å². The van der Waals surface area contributed by atoms with Crippen LogP contribution in [0.1, 0.15) is 38.4 Å². The van der Waals surface area contributed by atoms with E-state index in [4.69, 9.17) is 0 Å². The molecule has 1 rings (SSSR count). The minimum absolute atomic E-state index is 0.261. The predicted molar refractivity (Wildman–Crippen MR) is 79.5 cm³/mol. The monoisotopic (exact) mass is 303 g/mol. The standard InChI is InChI=1S/C15H24F3N3/c1-5-8-19-9-13-6-7-14(20-12(13)4)21(11(2)3)10-15(16,17)18/h6-7,11,19H,5,8-10H2,1-4H3. The number of aromatic nitrogens is 1. The number of pyridine rings is 1. The molecule has 0 aliphatic rings. The molecule has 3 nitrogen and oxygen atoms in total. The fourth-order valence-electron chi connectivity index (χ4n) is 2.04. The summed E-state index contributed by atoms with van der Waals surface area (Å²) in [6.07, 6.45) is -3.20. The van der Waals surface area contributed by atoms with Crippen LogP contribution in [0.2, 0.25) is 0 Å². The number of hydrogen-bond acceptors (Lipinski definition) is 3. The molecule has 0 aliphatic heterocycles. The normalized spacial score (nSPS) is 12.0. The first kappa shape index (κ1) is 17.8. The molecule has 0 unspecified atom stereocenters. The third-order valence-electron chi connectivity index (χ3n) is 3.19. The molecule has 120 valence electrons. The third-order valence-corrected chi connectivity index (χ3v) is 3.19. The Morgan fingerprint density at radius 3 is 2.43 bits per heavy atom. The van der Waals surface area contributed by atoms with Crippen LogP contribution in [0.25, 0.3) is 0 Å². The zero-order valence-electron chi connectivity index (χ0n) is 13.1. The molecule has 0 aromatic carbocycles. The first-order chi connectivity index (χ1) is 9.74. The average molecular weight is 303 g/mol. The van der Waals surface area contributed by atoms with Crippen LogP contribution in [0.15, 0.2) is 12.1 Å². The highest BCUT2D eigenvalue weighted by atomic mass is 19.4. The van der Waals surface area contributed by atoms with Crippen LogP contribution >= 0.6 is 0 Å². The first-order valence-electron chi connectivity index (χ1n) is 7.25. The topological polar surface area (TPSA) is 28.2 Å². The Labute approximate surface area is 124 Å². The maximum absolute atomic E-state index is 12.7. The number of alkyl halides is 3. The number of nitrogens with zero attached hydrogens (tertiary/aromatic N) is 2. The molecule has 0 saturated heterocycles. The maximum atomic E-state index is 12.7. The van der Waals surface area contributed by atoms with Crippen LogP contribution in [0.4, 0.5) is 19.0 Å². The van der Waals surface area contributed by atoms with Gasteiger partial charge in [0.15, 0.2) is 0 Å². The fourth-order valence-corrected chi connectivity index (χ4v) is 2.04. The lowest BCUT2D eigenvalue weighted by Gasteiger charge is -2.29. The van der Waals surface area contributed by atoms with Crippen molar-refractivity contribution in [1.29, 1.82) is 0 Å². The number of rotatable bonds is 7. The summed E-state index contributed by atoms with van der Waals surface area (Å²) < 4.78 is 38.0. The lowest BCUT2D eigenvalue weighted by molar-refractivity contribution is -0.120. The molecular formula is C15H24F3N3. The summed E-state index contributed by atoms with van der Waals surface area (Å²) >= 11 is 0. The van der Waals surface area contributed by atoms with Gasteiger partial charge in [0, 0.05) is 18.3 Å². The second-order valence-electron chi connectivity index (χ2n) is 5.43. The van der Waals surface area contributed by atoms with Gasteiger partial charge in [-0.2, -0.15) is 13.2 Å². The Morgan fingerprint density at radius 2 is 1.95 bits per heavy atom. The van der Waals surface area contributed by atoms with Crippen molar-refractivity contribution in [2.75, 3.05) is 18.0 Å². The third kappa shape index (κ3) is 5.91. The van der Waals surface area contributed by atoms with Crippen molar-refractivity contribution in [1.82, 2.24) is 10.3 Å². The Hall–Kier alpha value is -1.30. The van der Waals surface area contributed by atoms with Crippen molar-refractivity contribution < 1.29 is 13.2 Å². The number of nitrogens with one attached hydrogen (secondary N) is 1. The Kier molecular flexibility index (Phi) is 6.45. The molecule has 0 aliphatic carbocycles. The van der Waals surface area contributed by atoms with E-state index in [9.17, 15) is 13.2 Å². The van der Waals surface area contributed by atoms with Crippen molar-refractivity contribution in [2.24, 2.45) is 0 Å². The maximum Gasteiger partial charge on any atom is 0.405 e. The Morgan fingerprint density at radius 1 is 1.29 bits per heavy atom. The predicted octanol–water partition coefficient (Wildman–Crippen LogP) is 3.67. The van der Waals surface area contributed by atoms with E-state index in [1.807, 2.05) is 13.0 Å². The molecule has 0 atom stereocenters. The molecule has 0 fully saturated rings. The van der Waals surface area contributed by atoms with E-state index >= 15 is 0 Å². The lowest BCUT2D eigenvalue weighted by Crippen LogP contribution is -2.39. The van der Waals surface area contributed by atoms with Gasteiger partial charge >= 0.3 is 6.18 Å². The fraction of sp³-hybridized carbons (Fsp3) is 0.667. The van der Waals surface area contributed by atoms with Gasteiger partial charge in [-0.05, 0) is 45.4 Å². The van der Waals surface area contributed by atoms with E-state index in [1.165, 1.54) is 4.90 Å². The molecule has 21 heavy (non-hydrogen) atoms. The van der Waals surface area contributed by atoms with Crippen LogP contribution in [-0.2, 0) is 6.54 Å². The number of aryl methyl sites for hydroxylation is 1. The summed E-state index contributed by atoms with van der Waals surface area (Å²) in [4.78, 5) is 5.62. The van der Waals surface area contributed by atoms with E-state index in [-0.39, 0.29) is 6.04 Å². The van der Waals surface area contributed by atoms with Gasteiger partial charge in [-0.15, -0.1) is 0 Å². The summed E-state index contributed by atoms with van der Waals surface area (Å²) in [5.41, 5.74) is 1.78. The average Bonchev–Trinajstić information content (AvgIpc) is 2.37. The number of hydrogen-bond donors (Lipinski definition) is 1. The van der Waals surface area contributed by atoms with Crippen LogP contribution < -0.4 is 10.2 Å². The van der Waals surface area contributed by atoms with Crippen LogP contribution in [0.3, 0.4) is 0 Å². The van der Waals surface area contributed by atoms with Gasteiger partial charge in [-0.1, -0.05) is 13.0 Å². The van der Waals surface area contributed by atoms with Gasteiger partial charge in [0.25, 0.3) is 0 Å². The second-order valence-corrected chi connectivity index (χ2v) is 5.43. The zero-order chi connectivity index (χ0) is 16.0. The van der Waals surface area contributed by atoms with Crippen LogP contribution in [0, 0.1) is 6.92 Å². The minimum Gasteiger partial charge on any atom is -0.345 e. The smallest absolute Gasteiger partial charge is 0.345 e. The van der Waals surface area contributed by atoms with E-state index in [2.05, 4.69) is 17.2 Å². The highest BCUT2D eigenvalue weighted by Crippen LogP contribution is 2.23. The van der Waals surface area contributed by atoms with E-state index < -0.39 is 12.7 Å². The largest absolute Gasteiger partial charge is 0.405 e. The molecular weight excluding hydrogens is 279 g/mol. The summed E-state index contributed by atoms with van der Waals surface area (Å²) in [5, 5.41) is 3.27. The quantitative estimate of drug-likeness (QED) is 0.779. The van der Waals surface area contributed by atoms with E-state index in [1.54, 1.807) is 19.9 Å². The molecule has 0 spiro atoms. The molecule has 0 amide bonds. The van der Waals surface area contributed by atoms with Gasteiger partial charge in [0.2, 0.25) is 0 Å². The van der Waals surface area contributed by atoms with Gasteiger partial charge in [0.1, 0.15) is 12.4 Å². The molecule has 6 heteroatoms. The van der Waals surface area contributed by atoms with E-state index in [0.717, 1.165) is 24.2 Å². The van der Waals surface area contributed by atoms with Crippen LogP contribution in [0.5, 0.6) is 0 Å². The summed E-state index contributed by atoms with van der Waals surface area (Å²) in [6, 6.07) is 3.26. The van der Waals surface area contributed by atoms with Crippen molar-refractivity contribution >= 4 is 5.82 Å².